The Balaban J connectivity index is 2.18. The number of ether oxygens (including phenoxy) is 1. The van der Waals surface area contributed by atoms with Gasteiger partial charge in [0.05, 0.1) is 25.8 Å². The maximum Gasteiger partial charge on any atom is 0.417 e. The summed E-state index contributed by atoms with van der Waals surface area (Å²) in [7, 11) is 1.21. The number of rotatable bonds is 2. The monoisotopic (exact) mass is 331 g/mol. The molecule has 0 spiro atoms. The van der Waals surface area contributed by atoms with Crippen molar-refractivity contribution in [3.63, 3.8) is 0 Å². The number of nitrogens with one attached hydrogen (secondary N) is 1. The highest BCUT2D eigenvalue weighted by Gasteiger charge is 2.37. The highest BCUT2D eigenvalue weighted by Crippen LogP contribution is 2.38. The minimum atomic E-state index is -4.48. The van der Waals surface area contributed by atoms with Crippen LogP contribution in [0.4, 0.5) is 19.0 Å². The van der Waals surface area contributed by atoms with Crippen LogP contribution in [0.25, 0.3) is 10.2 Å². The fourth-order valence-corrected chi connectivity index (χ4v) is 3.61. The fourth-order valence-electron chi connectivity index (χ4n) is 2.61. The van der Waals surface area contributed by atoms with Crippen molar-refractivity contribution in [2.45, 2.75) is 19.0 Å². The molecule has 1 fully saturated rings. The van der Waals surface area contributed by atoms with Gasteiger partial charge in [0.1, 0.15) is 4.88 Å². The lowest BCUT2D eigenvalue weighted by molar-refractivity contribution is -0.327. The van der Waals surface area contributed by atoms with E-state index >= 15 is 0 Å². The second-order valence-electron chi connectivity index (χ2n) is 5.11. The van der Waals surface area contributed by atoms with Crippen molar-refractivity contribution in [1.82, 2.24) is 0 Å². The summed E-state index contributed by atoms with van der Waals surface area (Å²) in [5.41, 5.74) is -0.727. The van der Waals surface area contributed by atoms with Gasteiger partial charge in [0, 0.05) is 11.5 Å². The van der Waals surface area contributed by atoms with Crippen LogP contribution in [0.5, 0.6) is 0 Å². The Kier molecular flexibility index (Phi) is 3.72. The number of nitrogens with zero attached hydrogens (tertiary/aromatic N) is 1. The number of aromatic amines is 1. The molecule has 0 bridgehead atoms. The number of H-pyrrole nitrogens is 1. The van der Waals surface area contributed by atoms with E-state index in [1.807, 2.05) is 4.90 Å². The normalized spacial score (nSPS) is 15.5. The zero-order valence-corrected chi connectivity index (χ0v) is 12.6. The van der Waals surface area contributed by atoms with Gasteiger partial charge in [-0.15, -0.1) is 0 Å². The van der Waals surface area contributed by atoms with Crippen LogP contribution in [0.1, 0.15) is 28.1 Å². The molecule has 3 rings (SSSR count). The lowest BCUT2D eigenvalue weighted by Crippen LogP contribution is -2.26. The van der Waals surface area contributed by atoms with E-state index in [1.54, 1.807) is 0 Å². The van der Waals surface area contributed by atoms with Crippen LogP contribution in [-0.2, 0) is 10.9 Å². The number of carbonyl (C=O) groups excluding carboxylic acids is 1. The summed E-state index contributed by atoms with van der Waals surface area (Å²) in [4.78, 5) is 17.0. The molecule has 118 valence electrons. The molecule has 4 nitrogen and oxygen atoms in total. The third-order valence-corrected chi connectivity index (χ3v) is 4.71. The molecule has 1 saturated heterocycles. The lowest BCUT2D eigenvalue weighted by Gasteiger charge is -2.12. The number of alkyl halides is 3. The predicted molar refractivity (Wildman–Crippen MR) is 76.2 cm³/mol. The number of aromatic nitrogens is 1. The number of pyridine rings is 1. The summed E-state index contributed by atoms with van der Waals surface area (Å²) in [6, 6.07) is 2.36. The molecule has 8 heteroatoms. The van der Waals surface area contributed by atoms with Crippen molar-refractivity contribution in [2.75, 3.05) is 25.1 Å². The van der Waals surface area contributed by atoms with Gasteiger partial charge >= 0.3 is 12.1 Å². The van der Waals surface area contributed by atoms with Gasteiger partial charge in [-0.25, -0.2) is 9.78 Å². The van der Waals surface area contributed by atoms with Crippen molar-refractivity contribution in [3.05, 3.63) is 22.6 Å². The van der Waals surface area contributed by atoms with Gasteiger partial charge in [0.25, 0.3) is 5.82 Å². The smallest absolute Gasteiger partial charge is 0.417 e. The molecule has 1 aliphatic rings. The molecule has 22 heavy (non-hydrogen) atoms. The van der Waals surface area contributed by atoms with Crippen LogP contribution in [0, 0.1) is 0 Å². The summed E-state index contributed by atoms with van der Waals surface area (Å²) in [5.74, 6) is -0.193. The van der Waals surface area contributed by atoms with Crippen LogP contribution in [0.15, 0.2) is 12.1 Å². The Labute approximate surface area is 128 Å². The van der Waals surface area contributed by atoms with Crippen LogP contribution in [0.3, 0.4) is 0 Å². The number of methoxy groups -OCH3 is 1. The van der Waals surface area contributed by atoms with Crippen molar-refractivity contribution in [3.8, 4) is 0 Å². The number of esters is 1. The van der Waals surface area contributed by atoms with Crippen molar-refractivity contribution in [1.29, 1.82) is 0 Å². The SMILES string of the molecule is COC(=O)c1cc2c(C(F)(F)F)cc(N3CCCC3)[nH+]c2s1. The second kappa shape index (κ2) is 5.42. The van der Waals surface area contributed by atoms with Crippen molar-refractivity contribution >= 4 is 33.3 Å². The molecule has 0 amide bonds. The number of hydrogen-bond donors (Lipinski definition) is 0. The summed E-state index contributed by atoms with van der Waals surface area (Å²) < 4.78 is 44.6. The van der Waals surface area contributed by atoms with E-state index in [1.165, 1.54) is 13.2 Å². The van der Waals surface area contributed by atoms with E-state index in [0.29, 0.717) is 10.6 Å². The molecular formula is C14H14F3N2O2S+. The van der Waals surface area contributed by atoms with Crippen LogP contribution in [0.2, 0.25) is 0 Å². The Morgan fingerprint density at radius 1 is 1.32 bits per heavy atom. The van der Waals surface area contributed by atoms with Gasteiger partial charge in [0.15, 0.2) is 4.83 Å². The minimum Gasteiger partial charge on any atom is -0.465 e. The number of fused-ring (bicyclic) bond motifs is 1. The first-order valence-corrected chi connectivity index (χ1v) is 7.62. The number of halogens is 3. The van der Waals surface area contributed by atoms with Crippen LogP contribution < -0.4 is 9.88 Å². The quantitative estimate of drug-likeness (QED) is 0.794. The minimum absolute atomic E-state index is 0.000784. The largest absolute Gasteiger partial charge is 0.465 e. The van der Waals surface area contributed by atoms with Gasteiger partial charge in [0.2, 0.25) is 0 Å². The van der Waals surface area contributed by atoms with Gasteiger partial charge in [-0.2, -0.15) is 13.2 Å². The summed E-state index contributed by atoms with van der Waals surface area (Å²) >= 11 is 0.976. The average molecular weight is 331 g/mol. The van der Waals surface area contributed by atoms with E-state index in [0.717, 1.165) is 43.3 Å². The Morgan fingerprint density at radius 3 is 2.59 bits per heavy atom. The summed E-state index contributed by atoms with van der Waals surface area (Å²) in [5, 5.41) is 0.000784. The van der Waals surface area contributed by atoms with Crippen LogP contribution in [-0.4, -0.2) is 26.2 Å². The fraction of sp³-hybridized carbons (Fsp3) is 0.429. The summed E-state index contributed by atoms with van der Waals surface area (Å²) in [6.45, 7) is 1.46. The number of hydrogen-bond acceptors (Lipinski definition) is 4. The molecule has 0 saturated carbocycles. The number of anilines is 1. The Morgan fingerprint density at radius 2 is 2.00 bits per heavy atom. The van der Waals surface area contributed by atoms with E-state index < -0.39 is 17.7 Å². The van der Waals surface area contributed by atoms with Gasteiger partial charge in [-0.05, 0) is 18.9 Å². The van der Waals surface area contributed by atoms with Gasteiger partial charge in [-0.1, -0.05) is 11.3 Å². The van der Waals surface area contributed by atoms with Crippen LogP contribution >= 0.6 is 11.3 Å². The molecule has 2 aromatic rings. The maximum absolute atomic E-state index is 13.3. The number of carbonyl (C=O) groups is 1. The van der Waals surface area contributed by atoms with Crippen molar-refractivity contribution < 1.29 is 27.7 Å². The molecule has 0 aromatic carbocycles. The standard InChI is InChI=1S/C14H13F3N2O2S/c1-21-13(20)10-6-8-9(14(15,16)17)7-11(18-12(8)22-10)19-4-2-3-5-19/h6-7H,2-5H2,1H3/p+1. The first-order chi connectivity index (χ1) is 10.4. The molecule has 0 atom stereocenters. The van der Waals surface area contributed by atoms with E-state index in [-0.39, 0.29) is 10.3 Å². The maximum atomic E-state index is 13.3. The molecule has 1 N–H and O–H groups in total. The van der Waals surface area contributed by atoms with E-state index in [9.17, 15) is 18.0 Å². The molecular weight excluding hydrogens is 317 g/mol. The zero-order valence-electron chi connectivity index (χ0n) is 11.8. The first-order valence-electron chi connectivity index (χ1n) is 6.80. The second-order valence-corrected chi connectivity index (χ2v) is 6.16. The Hall–Kier alpha value is -1.83. The topological polar surface area (TPSA) is 43.7 Å². The average Bonchev–Trinajstić information content (AvgIpc) is 3.12. The number of thiophene rings is 1. The van der Waals surface area contributed by atoms with Crippen molar-refractivity contribution in [2.24, 2.45) is 0 Å². The molecule has 0 radical (unpaired) electrons. The summed E-state index contributed by atoms with van der Waals surface area (Å²) in [6.07, 6.45) is -2.55. The van der Waals surface area contributed by atoms with Gasteiger partial charge < -0.3 is 4.74 Å². The zero-order chi connectivity index (χ0) is 15.9. The Bertz CT molecular complexity index is 721. The molecule has 0 unspecified atom stereocenters. The molecule has 2 aromatic heterocycles. The third-order valence-electron chi connectivity index (χ3n) is 3.68. The third kappa shape index (κ3) is 2.63. The first kappa shape index (κ1) is 15.1. The predicted octanol–water partition coefficient (Wildman–Crippen LogP) is 3.12. The van der Waals surface area contributed by atoms with E-state index in [2.05, 4.69) is 9.72 Å². The molecule has 3 heterocycles. The lowest BCUT2D eigenvalue weighted by atomic mass is 10.1. The van der Waals surface area contributed by atoms with E-state index in [4.69, 9.17) is 0 Å². The highest BCUT2D eigenvalue weighted by molar-refractivity contribution is 7.20. The molecule has 1 aliphatic heterocycles. The molecule has 0 aliphatic carbocycles. The highest BCUT2D eigenvalue weighted by atomic mass is 32.1. The van der Waals surface area contributed by atoms with Gasteiger partial charge in [-0.3, -0.25) is 4.90 Å².